The molecule has 1 atom stereocenters. The highest BCUT2D eigenvalue weighted by atomic mass is 19.1. The molecule has 0 aliphatic carbocycles. The van der Waals surface area contributed by atoms with Gasteiger partial charge in [0.2, 0.25) is 11.8 Å². The Labute approximate surface area is 175 Å². The number of likely N-dealkylation sites (N-methyl/N-ethyl adjacent to an activating group) is 1. The Hall–Kier alpha value is -2.88. The van der Waals surface area contributed by atoms with Crippen molar-refractivity contribution in [2.45, 2.75) is 33.3 Å². The van der Waals surface area contributed by atoms with Crippen molar-refractivity contribution in [3.8, 4) is 0 Å². The maximum Gasteiger partial charge on any atom is 0.414 e. The van der Waals surface area contributed by atoms with Crippen LogP contribution in [0, 0.1) is 5.82 Å². The van der Waals surface area contributed by atoms with Crippen molar-refractivity contribution < 1.29 is 28.3 Å². The molecule has 0 saturated carbocycles. The number of rotatable bonds is 10. The number of anilines is 2. The number of nitrogens with zero attached hydrogens (tertiary/aromatic N) is 3. The minimum Gasteiger partial charge on any atom is -0.442 e. The molecule has 2 rings (SSSR count). The van der Waals surface area contributed by atoms with Crippen LogP contribution in [0.1, 0.15) is 27.2 Å². The first kappa shape index (κ1) is 23.4. The van der Waals surface area contributed by atoms with Crippen LogP contribution in [0.15, 0.2) is 18.2 Å². The van der Waals surface area contributed by atoms with Crippen LogP contribution in [0.5, 0.6) is 0 Å². The number of cyclic esters (lactones) is 1. The zero-order valence-corrected chi connectivity index (χ0v) is 17.8. The molecule has 0 aromatic heterocycles. The standard InChI is InChI=1S/C20H29FN4O5/c1-5-19(27)25(29-4)10-9-23(6-2)18-8-7-15(11-17(18)21)24-13-16(30-20(24)28)12-22-14(3)26/h7-8,11,16H,5-6,9-10,12-13H2,1-4H3,(H,22,26)/t16-/m0/s1. The van der Waals surface area contributed by atoms with E-state index in [1.54, 1.807) is 24.0 Å². The lowest BCUT2D eigenvalue weighted by molar-refractivity contribution is -0.174. The molecule has 1 aliphatic rings. The van der Waals surface area contributed by atoms with E-state index in [9.17, 15) is 18.8 Å². The molecule has 1 aliphatic heterocycles. The van der Waals surface area contributed by atoms with Gasteiger partial charge in [0.1, 0.15) is 11.9 Å². The van der Waals surface area contributed by atoms with Crippen LogP contribution in [-0.4, -0.2) is 68.9 Å². The molecule has 0 bridgehead atoms. The molecule has 30 heavy (non-hydrogen) atoms. The summed E-state index contributed by atoms with van der Waals surface area (Å²) in [6.45, 7) is 6.64. The SMILES string of the molecule is CCC(=O)N(CCN(CC)c1ccc(N2C[C@H](CNC(C)=O)OC2=O)cc1F)OC. The van der Waals surface area contributed by atoms with E-state index in [4.69, 9.17) is 9.57 Å². The third-order valence-electron chi connectivity index (χ3n) is 4.79. The van der Waals surface area contributed by atoms with Gasteiger partial charge in [-0.05, 0) is 25.1 Å². The molecule has 1 saturated heterocycles. The number of ether oxygens (including phenoxy) is 1. The molecule has 1 aromatic rings. The number of carbonyl (C=O) groups is 3. The maximum atomic E-state index is 14.9. The summed E-state index contributed by atoms with van der Waals surface area (Å²) in [7, 11) is 1.42. The van der Waals surface area contributed by atoms with Gasteiger partial charge in [-0.15, -0.1) is 0 Å². The summed E-state index contributed by atoms with van der Waals surface area (Å²) in [5, 5.41) is 3.86. The fraction of sp³-hybridized carbons (Fsp3) is 0.550. The van der Waals surface area contributed by atoms with Crippen LogP contribution < -0.4 is 15.1 Å². The third-order valence-corrected chi connectivity index (χ3v) is 4.79. The van der Waals surface area contributed by atoms with Gasteiger partial charge in [0.15, 0.2) is 0 Å². The summed E-state index contributed by atoms with van der Waals surface area (Å²) >= 11 is 0. The molecule has 1 N–H and O–H groups in total. The molecule has 0 spiro atoms. The average Bonchev–Trinajstić information content (AvgIpc) is 3.10. The second kappa shape index (κ2) is 10.8. The van der Waals surface area contributed by atoms with Crippen LogP contribution in [0.2, 0.25) is 0 Å². The van der Waals surface area contributed by atoms with Gasteiger partial charge >= 0.3 is 6.09 Å². The zero-order valence-electron chi connectivity index (χ0n) is 17.8. The van der Waals surface area contributed by atoms with Crippen molar-refractivity contribution in [1.29, 1.82) is 0 Å². The lowest BCUT2D eigenvalue weighted by Gasteiger charge is -2.27. The number of nitrogens with one attached hydrogen (secondary N) is 1. The molecule has 9 nitrogen and oxygen atoms in total. The highest BCUT2D eigenvalue weighted by Crippen LogP contribution is 2.28. The molecule has 0 unspecified atom stereocenters. The molecular formula is C20H29FN4O5. The molecule has 0 radical (unpaired) electrons. The molecule has 10 heteroatoms. The highest BCUT2D eigenvalue weighted by molar-refractivity contribution is 5.90. The first-order valence-corrected chi connectivity index (χ1v) is 9.92. The van der Waals surface area contributed by atoms with Gasteiger partial charge in [-0.2, -0.15) is 0 Å². The molecule has 166 valence electrons. The van der Waals surface area contributed by atoms with E-state index in [1.807, 2.05) is 6.92 Å². The summed E-state index contributed by atoms with van der Waals surface area (Å²) in [6.07, 6.45) is -0.760. The number of benzene rings is 1. The summed E-state index contributed by atoms with van der Waals surface area (Å²) in [5.41, 5.74) is 0.742. The summed E-state index contributed by atoms with van der Waals surface area (Å²) in [4.78, 5) is 43.2. The Bertz CT molecular complexity index is 776. The van der Waals surface area contributed by atoms with Gasteiger partial charge in [-0.25, -0.2) is 14.2 Å². The number of carbonyl (C=O) groups excluding carboxylic acids is 3. The second-order valence-electron chi connectivity index (χ2n) is 6.80. The van der Waals surface area contributed by atoms with E-state index in [-0.39, 0.29) is 24.9 Å². The van der Waals surface area contributed by atoms with Crippen LogP contribution in [0.4, 0.5) is 20.6 Å². The number of hydroxylamine groups is 2. The monoisotopic (exact) mass is 424 g/mol. The molecule has 1 heterocycles. The molecule has 1 fully saturated rings. The predicted molar refractivity (Wildman–Crippen MR) is 110 cm³/mol. The Morgan fingerprint density at radius 2 is 2.07 bits per heavy atom. The van der Waals surface area contributed by atoms with E-state index in [2.05, 4.69) is 5.32 Å². The van der Waals surface area contributed by atoms with E-state index >= 15 is 0 Å². The van der Waals surface area contributed by atoms with Gasteiger partial charge in [-0.3, -0.25) is 19.3 Å². The van der Waals surface area contributed by atoms with Gasteiger partial charge in [0.05, 0.1) is 38.1 Å². The van der Waals surface area contributed by atoms with Crippen molar-refractivity contribution in [1.82, 2.24) is 10.4 Å². The maximum absolute atomic E-state index is 14.9. The zero-order chi connectivity index (χ0) is 22.3. The third kappa shape index (κ3) is 5.82. The average molecular weight is 424 g/mol. The highest BCUT2D eigenvalue weighted by Gasteiger charge is 2.32. The van der Waals surface area contributed by atoms with Crippen molar-refractivity contribution in [2.24, 2.45) is 0 Å². The van der Waals surface area contributed by atoms with Gasteiger partial charge < -0.3 is 15.0 Å². The van der Waals surface area contributed by atoms with Crippen molar-refractivity contribution in [2.75, 3.05) is 49.6 Å². The Balaban J connectivity index is 2.07. The normalized spacial score (nSPS) is 15.7. The van der Waals surface area contributed by atoms with Crippen LogP contribution >= 0.6 is 0 Å². The van der Waals surface area contributed by atoms with Gasteiger partial charge in [-0.1, -0.05) is 6.92 Å². The van der Waals surface area contributed by atoms with E-state index in [0.29, 0.717) is 37.4 Å². The predicted octanol–water partition coefficient (Wildman–Crippen LogP) is 1.91. The first-order chi connectivity index (χ1) is 14.3. The fourth-order valence-electron chi connectivity index (χ4n) is 3.17. The minimum atomic E-state index is -0.585. The largest absolute Gasteiger partial charge is 0.442 e. The number of hydrogen-bond donors (Lipinski definition) is 1. The number of amides is 3. The molecule has 3 amide bonds. The molecule has 1 aromatic carbocycles. The van der Waals surface area contributed by atoms with Crippen molar-refractivity contribution >= 4 is 29.3 Å². The fourth-order valence-corrected chi connectivity index (χ4v) is 3.17. The Morgan fingerprint density at radius 3 is 2.63 bits per heavy atom. The summed E-state index contributed by atoms with van der Waals surface area (Å²) in [6, 6.07) is 4.53. The number of halogens is 1. The topological polar surface area (TPSA) is 91.4 Å². The smallest absolute Gasteiger partial charge is 0.414 e. The minimum absolute atomic E-state index is 0.147. The summed E-state index contributed by atoms with van der Waals surface area (Å²) in [5.74, 6) is -0.851. The molecular weight excluding hydrogens is 395 g/mol. The van der Waals surface area contributed by atoms with Gasteiger partial charge in [0.25, 0.3) is 0 Å². The van der Waals surface area contributed by atoms with Crippen LogP contribution in [-0.2, 0) is 19.2 Å². The Morgan fingerprint density at radius 1 is 1.33 bits per heavy atom. The van der Waals surface area contributed by atoms with Crippen LogP contribution in [0.3, 0.4) is 0 Å². The first-order valence-electron chi connectivity index (χ1n) is 9.92. The van der Waals surface area contributed by atoms with Crippen molar-refractivity contribution in [3.63, 3.8) is 0 Å². The van der Waals surface area contributed by atoms with E-state index in [0.717, 1.165) is 0 Å². The van der Waals surface area contributed by atoms with Gasteiger partial charge in [0, 0.05) is 26.4 Å². The Kier molecular flexibility index (Phi) is 8.40. The van der Waals surface area contributed by atoms with Crippen LogP contribution in [0.25, 0.3) is 0 Å². The summed E-state index contributed by atoms with van der Waals surface area (Å²) < 4.78 is 20.1. The van der Waals surface area contributed by atoms with E-state index in [1.165, 1.54) is 30.1 Å². The second-order valence-corrected chi connectivity index (χ2v) is 6.80. The van der Waals surface area contributed by atoms with Crippen molar-refractivity contribution in [3.05, 3.63) is 24.0 Å². The number of hydrogen-bond acceptors (Lipinski definition) is 6. The lowest BCUT2D eigenvalue weighted by Crippen LogP contribution is -2.38. The quantitative estimate of drug-likeness (QED) is 0.577. The van der Waals surface area contributed by atoms with E-state index < -0.39 is 18.0 Å². The lowest BCUT2D eigenvalue weighted by atomic mass is 10.2.